The van der Waals surface area contributed by atoms with Crippen molar-refractivity contribution in [2.75, 3.05) is 13.9 Å². The summed E-state index contributed by atoms with van der Waals surface area (Å²) in [6, 6.07) is 24.2. The fourth-order valence-electron chi connectivity index (χ4n) is 6.03. The first-order valence-electron chi connectivity index (χ1n) is 13.9. The Morgan fingerprint density at radius 2 is 1.38 bits per heavy atom. The molecule has 4 aromatic carbocycles. The van der Waals surface area contributed by atoms with Crippen LogP contribution in [0.25, 0.3) is 21.9 Å². The molecule has 0 atom stereocenters. The number of carbonyl (C=O) groups excluding carboxylic acids is 1. The van der Waals surface area contributed by atoms with E-state index in [1.165, 1.54) is 0 Å². The van der Waals surface area contributed by atoms with E-state index in [0.29, 0.717) is 33.5 Å². The average Bonchev–Trinajstić information content (AvgIpc) is 2.94. The molecule has 0 bridgehead atoms. The molecule has 0 aliphatic rings. The molecule has 210 valence electrons. The number of fused-ring (bicyclic) bond motifs is 1. The SMILES string of the molecule is COCOc1ccc2c(C(=O)c3ccc(O[Si](C(C)C)(C(C)C)C(C)C)cc3)c(-c3ccc(O)cc3)ccc2c1. The van der Waals surface area contributed by atoms with E-state index in [1.807, 2.05) is 66.7 Å². The Morgan fingerprint density at radius 1 is 0.775 bits per heavy atom. The van der Waals surface area contributed by atoms with Gasteiger partial charge >= 0.3 is 0 Å². The number of phenolic OH excluding ortho intramolecular Hbond substituents is 1. The molecule has 0 fully saturated rings. The number of benzene rings is 4. The average molecular weight is 557 g/mol. The summed E-state index contributed by atoms with van der Waals surface area (Å²) in [5.41, 5.74) is 4.20. The monoisotopic (exact) mass is 556 g/mol. The number of carbonyl (C=O) groups is 1. The number of ether oxygens (including phenoxy) is 2. The van der Waals surface area contributed by atoms with Crippen molar-refractivity contribution < 1.29 is 23.8 Å². The Balaban J connectivity index is 1.78. The highest BCUT2D eigenvalue weighted by molar-refractivity contribution is 6.78. The van der Waals surface area contributed by atoms with Gasteiger partial charge in [-0.1, -0.05) is 65.8 Å². The number of methoxy groups -OCH3 is 1. The van der Waals surface area contributed by atoms with Gasteiger partial charge in [0.2, 0.25) is 0 Å². The molecule has 4 aromatic rings. The summed E-state index contributed by atoms with van der Waals surface area (Å²) in [6.45, 7) is 13.7. The molecule has 40 heavy (non-hydrogen) atoms. The highest BCUT2D eigenvalue weighted by Gasteiger charge is 2.47. The lowest BCUT2D eigenvalue weighted by molar-refractivity contribution is 0.0512. The molecule has 5 nitrogen and oxygen atoms in total. The van der Waals surface area contributed by atoms with E-state index in [0.717, 1.165) is 27.6 Å². The van der Waals surface area contributed by atoms with Gasteiger partial charge in [0.1, 0.15) is 17.2 Å². The van der Waals surface area contributed by atoms with E-state index in [1.54, 1.807) is 19.2 Å². The van der Waals surface area contributed by atoms with Crippen molar-refractivity contribution in [2.24, 2.45) is 0 Å². The molecule has 6 heteroatoms. The van der Waals surface area contributed by atoms with Gasteiger partial charge in [-0.2, -0.15) is 0 Å². The van der Waals surface area contributed by atoms with Crippen molar-refractivity contribution in [1.82, 2.24) is 0 Å². The highest BCUT2D eigenvalue weighted by atomic mass is 28.4. The Kier molecular flexibility index (Phi) is 9.01. The van der Waals surface area contributed by atoms with Gasteiger partial charge < -0.3 is 19.0 Å². The fourth-order valence-corrected chi connectivity index (χ4v) is 11.3. The summed E-state index contributed by atoms with van der Waals surface area (Å²) in [6.07, 6.45) is 0. The second kappa shape index (κ2) is 12.3. The summed E-state index contributed by atoms with van der Waals surface area (Å²) in [4.78, 5) is 14.2. The molecule has 1 N–H and O–H groups in total. The second-order valence-corrected chi connectivity index (χ2v) is 16.6. The topological polar surface area (TPSA) is 65.0 Å². The van der Waals surface area contributed by atoms with Gasteiger partial charge in [-0.3, -0.25) is 4.79 Å². The summed E-state index contributed by atoms with van der Waals surface area (Å²) in [7, 11) is -0.534. The lowest BCUT2D eigenvalue weighted by Crippen LogP contribution is -2.50. The number of ketones is 1. The maximum Gasteiger partial charge on any atom is 0.258 e. The van der Waals surface area contributed by atoms with Crippen molar-refractivity contribution in [1.29, 1.82) is 0 Å². The largest absolute Gasteiger partial charge is 0.543 e. The van der Waals surface area contributed by atoms with Crippen molar-refractivity contribution >= 4 is 24.9 Å². The van der Waals surface area contributed by atoms with Gasteiger partial charge in [-0.25, -0.2) is 0 Å². The number of phenols is 1. The van der Waals surface area contributed by atoms with Crippen LogP contribution in [0.4, 0.5) is 0 Å². The number of hydrogen-bond acceptors (Lipinski definition) is 5. The van der Waals surface area contributed by atoms with Gasteiger partial charge in [0.25, 0.3) is 8.32 Å². The van der Waals surface area contributed by atoms with Crippen LogP contribution in [-0.2, 0) is 4.74 Å². The Hall–Kier alpha value is -3.61. The minimum absolute atomic E-state index is 0.0779. The molecule has 0 saturated carbocycles. The lowest BCUT2D eigenvalue weighted by atomic mass is 9.89. The first kappa shape index (κ1) is 29.4. The normalized spacial score (nSPS) is 11.9. The Morgan fingerprint density at radius 3 is 1.95 bits per heavy atom. The molecular weight excluding hydrogens is 516 g/mol. The molecule has 0 heterocycles. The molecule has 0 saturated heterocycles. The van der Waals surface area contributed by atoms with Crippen LogP contribution in [0.2, 0.25) is 16.6 Å². The third kappa shape index (κ3) is 5.79. The fraction of sp³-hybridized carbons (Fsp3) is 0.324. The number of aromatic hydroxyl groups is 1. The van der Waals surface area contributed by atoms with Gasteiger partial charge in [0.05, 0.1) is 0 Å². The van der Waals surface area contributed by atoms with Gasteiger partial charge in [-0.05, 0) is 93.1 Å². The van der Waals surface area contributed by atoms with Crippen LogP contribution in [0.5, 0.6) is 17.2 Å². The number of rotatable bonds is 11. The Bertz CT molecular complexity index is 1430. The zero-order chi connectivity index (χ0) is 29.0. The molecule has 0 aliphatic heterocycles. The van der Waals surface area contributed by atoms with E-state index in [-0.39, 0.29) is 18.3 Å². The summed E-state index contributed by atoms with van der Waals surface area (Å²) in [5, 5.41) is 11.6. The third-order valence-corrected chi connectivity index (χ3v) is 13.9. The van der Waals surface area contributed by atoms with Crippen LogP contribution in [0.1, 0.15) is 57.5 Å². The van der Waals surface area contributed by atoms with Gasteiger partial charge in [0, 0.05) is 18.2 Å². The van der Waals surface area contributed by atoms with Crippen LogP contribution in [0.15, 0.2) is 78.9 Å². The van der Waals surface area contributed by atoms with Crippen molar-refractivity contribution in [3.63, 3.8) is 0 Å². The van der Waals surface area contributed by atoms with Crippen molar-refractivity contribution in [2.45, 2.75) is 58.2 Å². The highest BCUT2D eigenvalue weighted by Crippen LogP contribution is 2.43. The second-order valence-electron chi connectivity index (χ2n) is 11.2. The molecule has 0 unspecified atom stereocenters. The Labute approximate surface area is 238 Å². The van der Waals surface area contributed by atoms with Crippen LogP contribution >= 0.6 is 0 Å². The molecule has 4 rings (SSSR count). The molecule has 0 spiro atoms. The minimum Gasteiger partial charge on any atom is -0.543 e. The molecular formula is C34H40O5Si. The van der Waals surface area contributed by atoms with E-state index in [4.69, 9.17) is 13.9 Å². The third-order valence-electron chi connectivity index (χ3n) is 7.86. The lowest BCUT2D eigenvalue weighted by Gasteiger charge is -2.42. The zero-order valence-electron chi connectivity index (χ0n) is 24.5. The zero-order valence-corrected chi connectivity index (χ0v) is 25.5. The molecule has 0 amide bonds. The van der Waals surface area contributed by atoms with Gasteiger partial charge in [-0.15, -0.1) is 0 Å². The smallest absolute Gasteiger partial charge is 0.258 e. The van der Waals surface area contributed by atoms with E-state index < -0.39 is 8.32 Å². The van der Waals surface area contributed by atoms with Crippen molar-refractivity contribution in [3.05, 3.63) is 90.0 Å². The standard InChI is InChI=1S/C34H40O5Si/c1-22(2)40(23(3)4,24(5)6)39-29-15-10-26(11-16-29)34(36)33-31(25-8-13-28(35)14-9-25)18-12-27-20-30(38-21-37-7)17-19-32(27)33/h8-20,22-24,35H,21H2,1-7H3. The maximum atomic E-state index is 14.2. The van der Waals surface area contributed by atoms with Crippen LogP contribution in [-0.4, -0.2) is 33.1 Å². The summed E-state index contributed by atoms with van der Waals surface area (Å²) in [5.74, 6) is 1.58. The van der Waals surface area contributed by atoms with E-state index >= 15 is 0 Å². The summed E-state index contributed by atoms with van der Waals surface area (Å²) < 4.78 is 17.5. The summed E-state index contributed by atoms with van der Waals surface area (Å²) >= 11 is 0. The molecule has 0 aromatic heterocycles. The quantitative estimate of drug-likeness (QED) is 0.113. The first-order chi connectivity index (χ1) is 19.1. The van der Waals surface area contributed by atoms with Gasteiger partial charge in [0.15, 0.2) is 12.6 Å². The number of hydrogen-bond donors (Lipinski definition) is 1. The molecule has 0 aliphatic carbocycles. The minimum atomic E-state index is -2.11. The van der Waals surface area contributed by atoms with E-state index in [2.05, 4.69) is 41.5 Å². The predicted molar refractivity (Wildman–Crippen MR) is 165 cm³/mol. The first-order valence-corrected chi connectivity index (χ1v) is 16.0. The molecule has 0 radical (unpaired) electrons. The maximum absolute atomic E-state index is 14.2. The van der Waals surface area contributed by atoms with E-state index in [9.17, 15) is 9.90 Å². The van der Waals surface area contributed by atoms with Crippen LogP contribution < -0.4 is 9.16 Å². The predicted octanol–water partition coefficient (Wildman–Crippen LogP) is 8.98. The van der Waals surface area contributed by atoms with Crippen molar-refractivity contribution in [3.8, 4) is 28.4 Å². The van der Waals surface area contributed by atoms with Crippen LogP contribution in [0.3, 0.4) is 0 Å². The van der Waals surface area contributed by atoms with Crippen LogP contribution in [0, 0.1) is 0 Å².